The first-order valence-corrected chi connectivity index (χ1v) is 15.3. The number of hydrogen-bond donors (Lipinski definition) is 3. The van der Waals surface area contributed by atoms with Gasteiger partial charge in [-0.25, -0.2) is 13.8 Å². The van der Waals surface area contributed by atoms with Crippen LogP contribution in [0.25, 0.3) is 16.8 Å². The lowest BCUT2D eigenvalue weighted by atomic mass is 10.0. The number of Topliss-reactive ketones (excluding diaryl/α,β-unsaturated/α-hetero) is 1. The normalized spacial score (nSPS) is 14.8. The van der Waals surface area contributed by atoms with E-state index >= 15 is 0 Å². The zero-order valence-corrected chi connectivity index (χ0v) is 26.5. The minimum Gasteiger partial charge on any atom is -0.394 e. The van der Waals surface area contributed by atoms with Crippen LogP contribution in [0.2, 0.25) is 0 Å². The van der Waals surface area contributed by atoms with Gasteiger partial charge in [-0.05, 0) is 106 Å². The predicted molar refractivity (Wildman–Crippen MR) is 171 cm³/mol. The number of aliphatic hydroxyl groups excluding tert-OH is 1. The van der Waals surface area contributed by atoms with E-state index in [1.165, 1.54) is 36.5 Å². The van der Waals surface area contributed by atoms with Crippen LogP contribution in [0.1, 0.15) is 77.3 Å². The Kier molecular flexibility index (Phi) is 9.37. The first-order valence-electron chi connectivity index (χ1n) is 15.3. The summed E-state index contributed by atoms with van der Waals surface area (Å²) < 4.78 is 31.2. The van der Waals surface area contributed by atoms with Crippen molar-refractivity contribution in [2.45, 2.75) is 58.0 Å². The van der Waals surface area contributed by atoms with Gasteiger partial charge >= 0.3 is 0 Å². The number of pyridine rings is 1. The summed E-state index contributed by atoms with van der Waals surface area (Å²) in [4.78, 5) is 45.3. The Morgan fingerprint density at radius 1 is 1.00 bits per heavy atom. The van der Waals surface area contributed by atoms with Crippen LogP contribution in [0.3, 0.4) is 0 Å². The molecule has 2 amide bonds. The fourth-order valence-electron chi connectivity index (χ4n) is 5.76. The molecule has 0 spiro atoms. The largest absolute Gasteiger partial charge is 0.394 e. The summed E-state index contributed by atoms with van der Waals surface area (Å²) in [7, 11) is 0. The number of nitrogens with zero attached hydrogens (tertiary/aromatic N) is 3. The highest BCUT2D eigenvalue weighted by atomic mass is 19.1. The van der Waals surface area contributed by atoms with Crippen LogP contribution in [0.4, 0.5) is 8.78 Å². The molecule has 0 saturated carbocycles. The van der Waals surface area contributed by atoms with Gasteiger partial charge < -0.3 is 15.7 Å². The fraction of sp³-hybridized carbons (Fsp3) is 0.371. The lowest BCUT2D eigenvalue weighted by molar-refractivity contribution is 0.0864. The van der Waals surface area contributed by atoms with E-state index in [9.17, 15) is 28.3 Å². The Bertz CT molecular complexity index is 1800. The first-order chi connectivity index (χ1) is 21.8. The van der Waals surface area contributed by atoms with Gasteiger partial charge in [0, 0.05) is 36.8 Å². The van der Waals surface area contributed by atoms with Crippen LogP contribution in [-0.2, 0) is 6.42 Å². The number of halogens is 2. The van der Waals surface area contributed by atoms with Crippen LogP contribution in [0, 0.1) is 11.6 Å². The summed E-state index contributed by atoms with van der Waals surface area (Å²) >= 11 is 0. The van der Waals surface area contributed by atoms with Gasteiger partial charge in [0.1, 0.15) is 23.0 Å². The quantitative estimate of drug-likeness (QED) is 0.205. The van der Waals surface area contributed by atoms with Gasteiger partial charge in [0.25, 0.3) is 11.8 Å². The van der Waals surface area contributed by atoms with Gasteiger partial charge in [-0.1, -0.05) is 6.07 Å². The highest BCUT2D eigenvalue weighted by Crippen LogP contribution is 2.27. The molecule has 0 radical (unpaired) electrons. The number of rotatable bonds is 11. The maximum Gasteiger partial charge on any atom is 0.254 e. The predicted octanol–water partition coefficient (Wildman–Crippen LogP) is 4.81. The summed E-state index contributed by atoms with van der Waals surface area (Å²) in [6.07, 6.45) is 4.99. The molecule has 1 fully saturated rings. The van der Waals surface area contributed by atoms with Crippen molar-refractivity contribution in [3.63, 3.8) is 0 Å². The van der Waals surface area contributed by atoms with Crippen molar-refractivity contribution < 1.29 is 28.3 Å². The monoisotopic (exact) mass is 631 g/mol. The second kappa shape index (κ2) is 13.1. The van der Waals surface area contributed by atoms with Crippen LogP contribution < -0.4 is 10.6 Å². The number of fused-ring (bicyclic) bond motifs is 1. The second-order valence-corrected chi connectivity index (χ2v) is 13.0. The van der Waals surface area contributed by atoms with Crippen LogP contribution in [0.5, 0.6) is 0 Å². The van der Waals surface area contributed by atoms with E-state index < -0.39 is 23.1 Å². The van der Waals surface area contributed by atoms with Gasteiger partial charge in [-0.3, -0.25) is 23.7 Å². The second-order valence-electron chi connectivity index (χ2n) is 13.0. The van der Waals surface area contributed by atoms with E-state index in [1.807, 2.05) is 0 Å². The topological polar surface area (TPSA) is 116 Å². The molecule has 1 saturated heterocycles. The molecule has 9 nitrogen and oxygen atoms in total. The smallest absolute Gasteiger partial charge is 0.254 e. The molecule has 0 aliphatic carbocycles. The Hall–Kier alpha value is -4.48. The maximum atomic E-state index is 14.9. The van der Waals surface area contributed by atoms with Gasteiger partial charge in [0.2, 0.25) is 0 Å². The summed E-state index contributed by atoms with van der Waals surface area (Å²) in [5.74, 6) is -2.67. The first kappa shape index (κ1) is 32.9. The SMILES string of the molecule is CC(C)(CO)NC(=O)c1ccc(-c2ccn3c(C(=O)Cc4cc(C(=O)NCCN5CCCC5(C)C)ccc4F)cnc3c2)cc1F. The van der Waals surface area contributed by atoms with Crippen molar-refractivity contribution in [2.75, 3.05) is 26.2 Å². The third-order valence-electron chi connectivity index (χ3n) is 8.59. The lowest BCUT2D eigenvalue weighted by Crippen LogP contribution is -2.46. The number of carbonyl (C=O) groups excluding carboxylic acids is 3. The maximum absolute atomic E-state index is 14.9. The number of nitrogens with one attached hydrogen (secondary N) is 2. The van der Waals surface area contributed by atoms with E-state index in [1.54, 1.807) is 42.6 Å². The van der Waals surface area contributed by atoms with Crippen LogP contribution in [-0.4, -0.2) is 74.3 Å². The Labute approximate surface area is 266 Å². The highest BCUT2D eigenvalue weighted by Gasteiger charge is 2.31. The van der Waals surface area contributed by atoms with Crippen molar-refractivity contribution >= 4 is 23.2 Å². The summed E-state index contributed by atoms with van der Waals surface area (Å²) in [6, 6.07) is 11.6. The van der Waals surface area contributed by atoms with Crippen LogP contribution in [0.15, 0.2) is 60.9 Å². The fourth-order valence-corrected chi connectivity index (χ4v) is 5.76. The Morgan fingerprint density at radius 3 is 2.46 bits per heavy atom. The van der Waals surface area contributed by atoms with E-state index in [0.717, 1.165) is 25.9 Å². The number of amides is 2. The third kappa shape index (κ3) is 7.16. The number of imidazole rings is 1. The average molecular weight is 632 g/mol. The average Bonchev–Trinajstić information content (AvgIpc) is 3.59. The zero-order chi connectivity index (χ0) is 33.2. The highest BCUT2D eigenvalue weighted by molar-refractivity contribution is 5.98. The molecule has 2 aromatic heterocycles. The zero-order valence-electron chi connectivity index (χ0n) is 26.5. The molecular weight excluding hydrogens is 592 g/mol. The Morgan fingerprint density at radius 2 is 1.76 bits per heavy atom. The molecule has 1 aliphatic rings. The summed E-state index contributed by atoms with van der Waals surface area (Å²) in [5, 5.41) is 14.9. The van der Waals surface area contributed by atoms with Crippen molar-refractivity contribution in [1.82, 2.24) is 24.9 Å². The van der Waals surface area contributed by atoms with Crippen molar-refractivity contribution in [1.29, 1.82) is 0 Å². The Balaban J connectivity index is 1.27. The molecule has 4 aromatic rings. The van der Waals surface area contributed by atoms with Gasteiger partial charge in [-0.2, -0.15) is 0 Å². The molecule has 46 heavy (non-hydrogen) atoms. The number of hydrogen-bond acceptors (Lipinski definition) is 6. The number of aromatic nitrogens is 2. The number of benzene rings is 2. The minimum absolute atomic E-state index is 0.104. The third-order valence-corrected chi connectivity index (χ3v) is 8.59. The molecule has 0 bridgehead atoms. The van der Waals surface area contributed by atoms with Crippen molar-refractivity contribution in [2.24, 2.45) is 0 Å². The summed E-state index contributed by atoms with van der Waals surface area (Å²) in [5.41, 5.74) is 1.18. The van der Waals surface area contributed by atoms with Crippen molar-refractivity contribution in [3.05, 3.63) is 94.9 Å². The molecule has 5 rings (SSSR count). The number of likely N-dealkylation sites (tertiary alicyclic amines) is 1. The minimum atomic E-state index is -0.906. The van der Waals surface area contributed by atoms with Crippen LogP contribution >= 0.6 is 0 Å². The molecule has 0 unspecified atom stereocenters. The molecular formula is C35H39F2N5O4. The van der Waals surface area contributed by atoms with E-state index in [-0.39, 0.29) is 52.6 Å². The van der Waals surface area contributed by atoms with Gasteiger partial charge in [0.05, 0.1) is 23.9 Å². The molecule has 1 aliphatic heterocycles. The van der Waals surface area contributed by atoms with Gasteiger partial charge in [0.15, 0.2) is 5.78 Å². The number of ketones is 1. The van der Waals surface area contributed by atoms with Gasteiger partial charge in [-0.15, -0.1) is 0 Å². The number of aliphatic hydroxyl groups is 1. The number of carbonyl (C=O) groups is 3. The van der Waals surface area contributed by atoms with E-state index in [4.69, 9.17) is 0 Å². The van der Waals surface area contributed by atoms with Crippen molar-refractivity contribution in [3.8, 4) is 11.1 Å². The van der Waals surface area contributed by atoms with E-state index in [2.05, 4.69) is 34.4 Å². The summed E-state index contributed by atoms with van der Waals surface area (Å²) in [6.45, 7) is 9.52. The molecule has 242 valence electrons. The molecule has 2 aromatic carbocycles. The van der Waals surface area contributed by atoms with E-state index in [0.29, 0.717) is 23.3 Å². The standard InChI is InChI=1S/C35H39F2N5O4/c1-34(2,21-43)40-33(46)26-8-6-22(17-28(26)37)23-10-14-42-29(20-39-31(42)19-23)30(44)18-25-16-24(7-9-27(25)36)32(45)38-12-15-41-13-5-11-35(41,3)4/h6-10,14,16-17,19-20,43H,5,11-13,15,18,21H2,1-4H3,(H,38,45)(H,40,46). The molecule has 3 N–H and O–H groups in total. The lowest BCUT2D eigenvalue weighted by Gasteiger charge is -2.31. The molecule has 11 heteroatoms. The molecule has 3 heterocycles. The molecule has 0 atom stereocenters.